The number of hydrogen-bond donors (Lipinski definition) is 0. The fraction of sp³-hybridized carbons (Fsp3) is 0.417. The number of carbonyl (C=O) groups excluding carboxylic acids is 2. The topological polar surface area (TPSA) is 81.5 Å². The molecule has 4 rings (SSSR count). The van der Waals surface area contributed by atoms with E-state index in [2.05, 4.69) is 0 Å². The van der Waals surface area contributed by atoms with Crippen molar-refractivity contribution in [3.05, 3.63) is 51.1 Å². The molecule has 0 N–H and O–H groups in total. The molecule has 0 aliphatic carbocycles. The number of nitrogens with zero attached hydrogens (tertiary/aromatic N) is 3. The van der Waals surface area contributed by atoms with Crippen LogP contribution < -0.4 is 5.56 Å². The molecule has 1 aromatic carbocycles. The van der Waals surface area contributed by atoms with E-state index in [1.54, 1.807) is 16.4 Å². The van der Waals surface area contributed by atoms with Crippen LogP contribution in [0.3, 0.4) is 0 Å². The summed E-state index contributed by atoms with van der Waals surface area (Å²) < 4.78 is 7.33. The van der Waals surface area contributed by atoms with Crippen LogP contribution in [0, 0.1) is 19.8 Å². The van der Waals surface area contributed by atoms with Crippen LogP contribution in [0.25, 0.3) is 15.9 Å². The van der Waals surface area contributed by atoms with E-state index in [1.165, 1.54) is 23.1 Å². The first-order valence-corrected chi connectivity index (χ1v) is 12.9. The van der Waals surface area contributed by atoms with Crippen LogP contribution in [0.5, 0.6) is 0 Å². The number of piperidine rings is 1. The third-order valence-electron chi connectivity index (χ3n) is 5.92. The molecule has 1 amide bonds. The average Bonchev–Trinajstić information content (AvgIpc) is 3.29. The van der Waals surface area contributed by atoms with Gasteiger partial charge in [0.1, 0.15) is 4.70 Å². The maximum absolute atomic E-state index is 13.3. The van der Waals surface area contributed by atoms with E-state index in [-0.39, 0.29) is 29.1 Å². The minimum absolute atomic E-state index is 0.0692. The Balaban J connectivity index is 1.58. The number of ether oxygens (including phenoxy) is 1. The number of rotatable bonds is 6. The Labute approximate surface area is 200 Å². The van der Waals surface area contributed by atoms with Crippen LogP contribution in [0.15, 0.2) is 39.6 Å². The van der Waals surface area contributed by atoms with Gasteiger partial charge >= 0.3 is 5.97 Å². The lowest BCUT2D eigenvalue weighted by Crippen LogP contribution is -2.43. The zero-order chi connectivity index (χ0) is 23.5. The number of benzene rings is 1. The highest BCUT2D eigenvalue weighted by molar-refractivity contribution is 7.99. The molecule has 0 unspecified atom stereocenters. The van der Waals surface area contributed by atoms with E-state index in [0.717, 1.165) is 29.7 Å². The molecule has 7 nitrogen and oxygen atoms in total. The summed E-state index contributed by atoms with van der Waals surface area (Å²) in [5, 5.41) is 2.34. The number of aromatic nitrogens is 2. The molecular weight excluding hydrogens is 458 g/mol. The molecule has 9 heteroatoms. The zero-order valence-electron chi connectivity index (χ0n) is 19.0. The zero-order valence-corrected chi connectivity index (χ0v) is 20.6. The van der Waals surface area contributed by atoms with Gasteiger partial charge in [0.25, 0.3) is 5.56 Å². The van der Waals surface area contributed by atoms with Gasteiger partial charge in [-0.3, -0.25) is 19.0 Å². The molecule has 1 atom stereocenters. The predicted octanol–water partition coefficient (Wildman–Crippen LogP) is 3.96. The van der Waals surface area contributed by atoms with Crippen molar-refractivity contribution >= 4 is 45.2 Å². The van der Waals surface area contributed by atoms with E-state index >= 15 is 0 Å². The second-order valence-corrected chi connectivity index (χ2v) is 10.0. The second-order valence-electron chi connectivity index (χ2n) is 8.16. The van der Waals surface area contributed by atoms with E-state index in [9.17, 15) is 14.4 Å². The fourth-order valence-electron chi connectivity index (χ4n) is 3.95. The van der Waals surface area contributed by atoms with Crippen molar-refractivity contribution in [2.24, 2.45) is 5.92 Å². The van der Waals surface area contributed by atoms with Gasteiger partial charge in [0.2, 0.25) is 5.91 Å². The van der Waals surface area contributed by atoms with Gasteiger partial charge in [-0.05, 0) is 68.3 Å². The summed E-state index contributed by atoms with van der Waals surface area (Å²) in [6.45, 7) is 7.15. The van der Waals surface area contributed by atoms with Gasteiger partial charge in [0, 0.05) is 13.1 Å². The highest BCUT2D eigenvalue weighted by Crippen LogP contribution is 2.26. The number of hydrogen-bond acceptors (Lipinski definition) is 7. The maximum Gasteiger partial charge on any atom is 0.310 e. The van der Waals surface area contributed by atoms with Gasteiger partial charge in [-0.2, -0.15) is 0 Å². The number of amides is 1. The highest BCUT2D eigenvalue weighted by Gasteiger charge is 2.29. The first-order chi connectivity index (χ1) is 15.9. The number of thioether (sulfide) groups is 1. The largest absolute Gasteiger partial charge is 0.466 e. The van der Waals surface area contributed by atoms with Crippen molar-refractivity contribution in [2.75, 3.05) is 25.4 Å². The Morgan fingerprint density at radius 2 is 2.06 bits per heavy atom. The molecule has 2 aromatic heterocycles. The molecule has 1 aliphatic heterocycles. The Morgan fingerprint density at radius 1 is 1.24 bits per heavy atom. The van der Waals surface area contributed by atoms with Crippen LogP contribution in [0.1, 0.15) is 30.9 Å². The van der Waals surface area contributed by atoms with Gasteiger partial charge in [0.15, 0.2) is 5.16 Å². The van der Waals surface area contributed by atoms with E-state index in [4.69, 9.17) is 9.72 Å². The van der Waals surface area contributed by atoms with Crippen LogP contribution >= 0.6 is 23.1 Å². The van der Waals surface area contributed by atoms with Crippen molar-refractivity contribution in [1.82, 2.24) is 14.5 Å². The third kappa shape index (κ3) is 4.99. The molecule has 0 bridgehead atoms. The molecular formula is C24H27N3O4S2. The number of carbonyl (C=O) groups is 2. The van der Waals surface area contributed by atoms with Crippen LogP contribution in [-0.2, 0) is 14.3 Å². The summed E-state index contributed by atoms with van der Waals surface area (Å²) in [5.74, 6) is -0.444. The minimum Gasteiger partial charge on any atom is -0.466 e. The standard InChI is InChI=1S/C24H27N3O4S2/c1-4-31-23(30)17-6-5-10-26(13-17)20(28)14-33-24-25-19-9-11-32-21(19)22(29)27(24)18-8-7-15(2)16(3)12-18/h7-9,11-12,17H,4-6,10,13-14H2,1-3H3/t17-/m0/s1. The molecule has 1 fully saturated rings. The van der Waals surface area contributed by atoms with Crippen molar-refractivity contribution in [2.45, 2.75) is 38.8 Å². The number of likely N-dealkylation sites (tertiary alicyclic amines) is 1. The Kier molecular flexibility index (Phi) is 7.19. The number of thiophene rings is 1. The van der Waals surface area contributed by atoms with Crippen molar-refractivity contribution in [3.8, 4) is 5.69 Å². The molecule has 174 valence electrons. The normalized spacial score (nSPS) is 16.2. The van der Waals surface area contributed by atoms with E-state index in [0.29, 0.717) is 35.1 Å². The fourth-order valence-corrected chi connectivity index (χ4v) is 5.63. The maximum atomic E-state index is 13.3. The van der Waals surface area contributed by atoms with Crippen LogP contribution in [-0.4, -0.2) is 51.8 Å². The number of esters is 1. The molecule has 0 radical (unpaired) electrons. The molecule has 33 heavy (non-hydrogen) atoms. The summed E-state index contributed by atoms with van der Waals surface area (Å²) in [6, 6.07) is 7.69. The average molecular weight is 486 g/mol. The molecule has 3 heterocycles. The Bertz CT molecular complexity index is 1250. The molecule has 0 spiro atoms. The number of aryl methyl sites for hydroxylation is 2. The summed E-state index contributed by atoms with van der Waals surface area (Å²) in [4.78, 5) is 44.8. The lowest BCUT2D eigenvalue weighted by Gasteiger charge is -2.31. The van der Waals surface area contributed by atoms with Crippen molar-refractivity contribution < 1.29 is 14.3 Å². The van der Waals surface area contributed by atoms with E-state index in [1.807, 2.05) is 43.5 Å². The van der Waals surface area contributed by atoms with Gasteiger partial charge in [0.05, 0.1) is 29.5 Å². The third-order valence-corrected chi connectivity index (χ3v) is 7.73. The molecule has 0 saturated carbocycles. The van der Waals surface area contributed by atoms with Gasteiger partial charge < -0.3 is 9.64 Å². The predicted molar refractivity (Wildman–Crippen MR) is 131 cm³/mol. The monoisotopic (exact) mass is 485 g/mol. The van der Waals surface area contributed by atoms with Crippen LogP contribution in [0.2, 0.25) is 0 Å². The summed E-state index contributed by atoms with van der Waals surface area (Å²) in [6.07, 6.45) is 1.50. The molecule has 3 aromatic rings. The smallest absolute Gasteiger partial charge is 0.310 e. The quantitative estimate of drug-likeness (QED) is 0.299. The van der Waals surface area contributed by atoms with Crippen LogP contribution in [0.4, 0.5) is 0 Å². The molecule has 1 saturated heterocycles. The van der Waals surface area contributed by atoms with E-state index < -0.39 is 0 Å². The summed E-state index contributed by atoms with van der Waals surface area (Å²) in [5.41, 5.74) is 3.47. The Hall–Kier alpha value is -2.65. The number of fused-ring (bicyclic) bond motifs is 1. The first-order valence-electron chi connectivity index (χ1n) is 11.0. The highest BCUT2D eigenvalue weighted by atomic mass is 32.2. The summed E-state index contributed by atoms with van der Waals surface area (Å²) in [7, 11) is 0. The summed E-state index contributed by atoms with van der Waals surface area (Å²) >= 11 is 2.62. The SMILES string of the molecule is CCOC(=O)[C@H]1CCCN(C(=O)CSc2nc3ccsc3c(=O)n2-c2ccc(C)c(C)c2)C1. The second kappa shape index (κ2) is 10.1. The van der Waals surface area contributed by atoms with Crippen molar-refractivity contribution in [3.63, 3.8) is 0 Å². The van der Waals surface area contributed by atoms with Gasteiger partial charge in [-0.15, -0.1) is 11.3 Å². The Morgan fingerprint density at radius 3 is 2.82 bits per heavy atom. The lowest BCUT2D eigenvalue weighted by atomic mass is 9.98. The first kappa shape index (κ1) is 23.5. The van der Waals surface area contributed by atoms with Crippen molar-refractivity contribution in [1.29, 1.82) is 0 Å². The lowest BCUT2D eigenvalue weighted by molar-refractivity contribution is -0.151. The molecule has 1 aliphatic rings. The van der Waals surface area contributed by atoms with Gasteiger partial charge in [-0.1, -0.05) is 17.8 Å². The van der Waals surface area contributed by atoms with Gasteiger partial charge in [-0.25, -0.2) is 4.98 Å². The minimum atomic E-state index is -0.276.